The first kappa shape index (κ1) is 10.4. The van der Waals surface area contributed by atoms with Crippen LogP contribution >= 0.6 is 11.6 Å². The molecule has 0 bridgehead atoms. The number of anilines is 1. The molecule has 0 aliphatic heterocycles. The molecule has 0 saturated heterocycles. The van der Waals surface area contributed by atoms with Crippen LogP contribution in [0.4, 0.5) is 5.95 Å². The molecule has 0 amide bonds. The van der Waals surface area contributed by atoms with Gasteiger partial charge < -0.3 is 10.5 Å². The maximum absolute atomic E-state index is 5.61. The smallest absolute Gasteiger partial charge is 0.322 e. The Bertz CT molecular complexity index is 323. The van der Waals surface area contributed by atoms with Crippen molar-refractivity contribution in [3.63, 3.8) is 0 Å². The lowest BCUT2D eigenvalue weighted by Gasteiger charge is -2.24. The molecule has 1 heterocycles. The average molecular weight is 229 g/mol. The summed E-state index contributed by atoms with van der Waals surface area (Å²) in [7, 11) is 0. The number of ether oxygens (including phenoxy) is 1. The predicted molar refractivity (Wildman–Crippen MR) is 56.7 cm³/mol. The SMILES string of the molecule is Nc1nc(Cl)nc(OCCC2CCC2)n1. The Morgan fingerprint density at radius 3 is 2.73 bits per heavy atom. The van der Waals surface area contributed by atoms with E-state index in [9.17, 15) is 0 Å². The predicted octanol–water partition coefficient (Wildman–Crippen LogP) is 1.68. The first-order chi connectivity index (χ1) is 7.24. The van der Waals surface area contributed by atoms with Gasteiger partial charge >= 0.3 is 6.01 Å². The zero-order chi connectivity index (χ0) is 10.7. The van der Waals surface area contributed by atoms with Crippen molar-refractivity contribution in [3.8, 4) is 6.01 Å². The van der Waals surface area contributed by atoms with Gasteiger partial charge in [-0.1, -0.05) is 19.3 Å². The number of nitrogen functional groups attached to an aromatic ring is 1. The zero-order valence-corrected chi connectivity index (χ0v) is 9.07. The van der Waals surface area contributed by atoms with Gasteiger partial charge in [0, 0.05) is 0 Å². The molecule has 5 nitrogen and oxygen atoms in total. The summed E-state index contributed by atoms with van der Waals surface area (Å²) in [6, 6.07) is 0.215. The normalized spacial score (nSPS) is 16.1. The fraction of sp³-hybridized carbons (Fsp3) is 0.667. The monoisotopic (exact) mass is 228 g/mol. The summed E-state index contributed by atoms with van der Waals surface area (Å²) < 4.78 is 5.35. The molecule has 2 rings (SSSR count). The fourth-order valence-electron chi connectivity index (χ4n) is 1.51. The van der Waals surface area contributed by atoms with Crippen molar-refractivity contribution in [1.82, 2.24) is 15.0 Å². The van der Waals surface area contributed by atoms with Crippen LogP contribution in [0.5, 0.6) is 6.01 Å². The quantitative estimate of drug-likeness (QED) is 0.849. The van der Waals surface area contributed by atoms with Crippen LogP contribution in [0.3, 0.4) is 0 Å². The fourth-order valence-corrected chi connectivity index (χ4v) is 1.67. The van der Waals surface area contributed by atoms with Crippen LogP contribution in [0, 0.1) is 5.92 Å². The summed E-state index contributed by atoms with van der Waals surface area (Å²) in [5.41, 5.74) is 5.40. The highest BCUT2D eigenvalue weighted by Crippen LogP contribution is 2.29. The van der Waals surface area contributed by atoms with Gasteiger partial charge in [0.15, 0.2) is 0 Å². The molecule has 1 aromatic heterocycles. The third kappa shape index (κ3) is 2.92. The molecule has 0 spiro atoms. The molecule has 0 atom stereocenters. The molecule has 1 aromatic rings. The lowest BCUT2D eigenvalue weighted by Crippen LogP contribution is -2.15. The summed E-state index contributed by atoms with van der Waals surface area (Å²) in [4.78, 5) is 11.3. The van der Waals surface area contributed by atoms with E-state index >= 15 is 0 Å². The summed E-state index contributed by atoms with van der Waals surface area (Å²) in [6.45, 7) is 0.616. The van der Waals surface area contributed by atoms with Crippen molar-refractivity contribution >= 4 is 17.5 Å². The van der Waals surface area contributed by atoms with Crippen LogP contribution in [0.2, 0.25) is 5.28 Å². The van der Waals surface area contributed by atoms with Crippen LogP contribution in [0.15, 0.2) is 0 Å². The largest absolute Gasteiger partial charge is 0.463 e. The molecule has 0 unspecified atom stereocenters. The van der Waals surface area contributed by atoms with Gasteiger partial charge in [-0.25, -0.2) is 0 Å². The Morgan fingerprint density at radius 2 is 2.13 bits per heavy atom. The van der Waals surface area contributed by atoms with Crippen LogP contribution in [-0.4, -0.2) is 21.6 Å². The Labute approximate surface area is 93.0 Å². The minimum Gasteiger partial charge on any atom is -0.463 e. The number of hydrogen-bond acceptors (Lipinski definition) is 5. The number of halogens is 1. The van der Waals surface area contributed by atoms with E-state index in [0.29, 0.717) is 6.61 Å². The summed E-state index contributed by atoms with van der Waals surface area (Å²) in [5.74, 6) is 0.897. The number of rotatable bonds is 4. The first-order valence-corrected chi connectivity index (χ1v) is 5.41. The highest BCUT2D eigenvalue weighted by Gasteiger charge is 2.17. The van der Waals surface area contributed by atoms with E-state index in [-0.39, 0.29) is 17.2 Å². The van der Waals surface area contributed by atoms with Gasteiger partial charge in [-0.05, 0) is 23.9 Å². The molecule has 2 N–H and O–H groups in total. The Hall–Kier alpha value is -1.10. The van der Waals surface area contributed by atoms with E-state index in [2.05, 4.69) is 15.0 Å². The van der Waals surface area contributed by atoms with E-state index in [1.54, 1.807) is 0 Å². The highest BCUT2D eigenvalue weighted by atomic mass is 35.5. The second kappa shape index (κ2) is 4.61. The van der Waals surface area contributed by atoms with E-state index in [4.69, 9.17) is 22.1 Å². The molecule has 1 fully saturated rings. The minimum atomic E-state index is 0.0705. The van der Waals surface area contributed by atoms with E-state index < -0.39 is 0 Å². The van der Waals surface area contributed by atoms with Crippen LogP contribution in [-0.2, 0) is 0 Å². The number of aromatic nitrogens is 3. The van der Waals surface area contributed by atoms with Gasteiger partial charge in [-0.15, -0.1) is 0 Å². The lowest BCUT2D eigenvalue weighted by molar-refractivity contribution is 0.212. The van der Waals surface area contributed by atoms with Crippen LogP contribution < -0.4 is 10.5 Å². The van der Waals surface area contributed by atoms with Crippen molar-refractivity contribution < 1.29 is 4.74 Å². The van der Waals surface area contributed by atoms with Gasteiger partial charge in [0.2, 0.25) is 11.2 Å². The molecule has 6 heteroatoms. The first-order valence-electron chi connectivity index (χ1n) is 5.04. The van der Waals surface area contributed by atoms with Crippen molar-refractivity contribution in [2.45, 2.75) is 25.7 Å². The molecule has 0 aromatic carbocycles. The third-order valence-electron chi connectivity index (χ3n) is 2.59. The van der Waals surface area contributed by atoms with Gasteiger partial charge in [-0.3, -0.25) is 0 Å². The number of nitrogens with two attached hydrogens (primary N) is 1. The average Bonchev–Trinajstić information content (AvgIpc) is 2.07. The van der Waals surface area contributed by atoms with E-state index in [0.717, 1.165) is 12.3 Å². The third-order valence-corrected chi connectivity index (χ3v) is 2.76. The number of nitrogens with zero attached hydrogens (tertiary/aromatic N) is 3. The summed E-state index contributed by atoms with van der Waals surface area (Å²) in [6.07, 6.45) is 5.01. The van der Waals surface area contributed by atoms with Crippen LogP contribution in [0.25, 0.3) is 0 Å². The van der Waals surface area contributed by atoms with Crippen LogP contribution in [0.1, 0.15) is 25.7 Å². The van der Waals surface area contributed by atoms with Crippen molar-refractivity contribution in [1.29, 1.82) is 0 Å². The topological polar surface area (TPSA) is 73.9 Å². The van der Waals surface area contributed by atoms with E-state index in [1.165, 1.54) is 19.3 Å². The maximum Gasteiger partial charge on any atom is 0.322 e. The Kier molecular flexibility index (Phi) is 3.20. The molecule has 82 valence electrons. The van der Waals surface area contributed by atoms with Gasteiger partial charge in [0.05, 0.1) is 6.61 Å². The second-order valence-corrected chi connectivity index (χ2v) is 4.02. The van der Waals surface area contributed by atoms with Gasteiger partial charge in [-0.2, -0.15) is 15.0 Å². The van der Waals surface area contributed by atoms with Gasteiger partial charge in [0.25, 0.3) is 0 Å². The Morgan fingerprint density at radius 1 is 1.33 bits per heavy atom. The molecule has 15 heavy (non-hydrogen) atoms. The maximum atomic E-state index is 5.61. The summed E-state index contributed by atoms with van der Waals surface area (Å²) in [5, 5.41) is 0.0705. The second-order valence-electron chi connectivity index (χ2n) is 3.68. The number of hydrogen-bond donors (Lipinski definition) is 1. The van der Waals surface area contributed by atoms with Crippen molar-refractivity contribution in [3.05, 3.63) is 5.28 Å². The molecule has 1 aliphatic rings. The standard InChI is InChI=1S/C9H13ClN4O/c10-7-12-8(11)14-9(13-7)15-5-4-6-2-1-3-6/h6H,1-5H2,(H2,11,12,13,14). The molecular weight excluding hydrogens is 216 g/mol. The molecular formula is C9H13ClN4O. The molecule has 1 aliphatic carbocycles. The van der Waals surface area contributed by atoms with Crippen molar-refractivity contribution in [2.24, 2.45) is 5.92 Å². The van der Waals surface area contributed by atoms with Crippen molar-refractivity contribution in [2.75, 3.05) is 12.3 Å². The summed E-state index contributed by atoms with van der Waals surface area (Å²) >= 11 is 5.61. The van der Waals surface area contributed by atoms with E-state index in [1.807, 2.05) is 0 Å². The van der Waals surface area contributed by atoms with Gasteiger partial charge in [0.1, 0.15) is 0 Å². The Balaban J connectivity index is 1.81. The highest BCUT2D eigenvalue weighted by molar-refractivity contribution is 6.28. The molecule has 0 radical (unpaired) electrons. The lowest BCUT2D eigenvalue weighted by atomic mass is 9.83. The molecule has 1 saturated carbocycles. The zero-order valence-electron chi connectivity index (χ0n) is 8.32. The minimum absolute atomic E-state index is 0.0705.